The molecule has 4 rings (SSSR count). The molecule has 0 aliphatic heterocycles. The highest BCUT2D eigenvalue weighted by molar-refractivity contribution is 5.64. The molecule has 0 unspecified atom stereocenters. The molecule has 3 heteroatoms. The van der Waals surface area contributed by atoms with Gasteiger partial charge >= 0.3 is 0 Å². The van der Waals surface area contributed by atoms with Gasteiger partial charge in [-0.05, 0) is 89.8 Å². The fourth-order valence-corrected chi connectivity index (χ4v) is 4.72. The summed E-state index contributed by atoms with van der Waals surface area (Å²) in [6.07, 6.45) is 10.8. The molecule has 0 amide bonds. The van der Waals surface area contributed by atoms with Crippen molar-refractivity contribution in [3.63, 3.8) is 0 Å². The highest BCUT2D eigenvalue weighted by Crippen LogP contribution is 2.24. The molecule has 0 heterocycles. The van der Waals surface area contributed by atoms with Gasteiger partial charge in [0.1, 0.15) is 5.82 Å². The summed E-state index contributed by atoms with van der Waals surface area (Å²) in [5.41, 5.74) is 6.88. The van der Waals surface area contributed by atoms with Gasteiger partial charge in [-0.2, -0.15) is 0 Å². The van der Waals surface area contributed by atoms with Crippen molar-refractivity contribution in [3.8, 4) is 22.3 Å². The van der Waals surface area contributed by atoms with Crippen molar-refractivity contribution >= 4 is 0 Å². The monoisotopic (exact) mass is 500 g/mol. The molecule has 4 aromatic rings. The van der Waals surface area contributed by atoms with E-state index in [9.17, 15) is 13.2 Å². The van der Waals surface area contributed by atoms with Crippen molar-refractivity contribution in [1.29, 1.82) is 0 Å². The Hall–Kier alpha value is -3.33. The van der Waals surface area contributed by atoms with Crippen LogP contribution < -0.4 is 0 Å². The van der Waals surface area contributed by atoms with Crippen molar-refractivity contribution in [2.75, 3.05) is 0 Å². The van der Waals surface area contributed by atoms with Crippen LogP contribution in [0.2, 0.25) is 0 Å². The van der Waals surface area contributed by atoms with Gasteiger partial charge in [0.25, 0.3) is 0 Å². The summed E-state index contributed by atoms with van der Waals surface area (Å²) in [5, 5.41) is 0. The first-order chi connectivity index (χ1) is 18.0. The van der Waals surface area contributed by atoms with Gasteiger partial charge in [0.15, 0.2) is 11.6 Å². The van der Waals surface area contributed by atoms with E-state index in [-0.39, 0.29) is 5.82 Å². The average Bonchev–Trinajstić information content (AvgIpc) is 2.91. The maximum atomic E-state index is 13.8. The van der Waals surface area contributed by atoms with Crippen LogP contribution in [0.3, 0.4) is 0 Å². The Morgan fingerprint density at radius 2 is 0.811 bits per heavy atom. The lowest BCUT2D eigenvalue weighted by Gasteiger charge is -2.07. The number of rotatable bonds is 12. The zero-order valence-electron chi connectivity index (χ0n) is 21.6. The Morgan fingerprint density at radius 1 is 0.405 bits per heavy atom. The molecule has 0 aliphatic carbocycles. The van der Waals surface area contributed by atoms with Crippen molar-refractivity contribution < 1.29 is 13.2 Å². The van der Waals surface area contributed by atoms with Gasteiger partial charge in [0.2, 0.25) is 0 Å². The largest absolute Gasteiger partial charge is 0.207 e. The lowest BCUT2D eigenvalue weighted by atomic mass is 9.99. The quantitative estimate of drug-likeness (QED) is 0.170. The molecule has 0 atom stereocenters. The molecule has 0 spiro atoms. The highest BCUT2D eigenvalue weighted by atomic mass is 19.2. The third-order valence-electron chi connectivity index (χ3n) is 7.10. The molecular formula is C34H35F3. The highest BCUT2D eigenvalue weighted by Gasteiger charge is 2.05. The summed E-state index contributed by atoms with van der Waals surface area (Å²) in [7, 11) is 0. The third kappa shape index (κ3) is 7.82. The molecule has 0 saturated carbocycles. The summed E-state index contributed by atoms with van der Waals surface area (Å²) >= 11 is 0. The van der Waals surface area contributed by atoms with Crippen LogP contribution in [0.4, 0.5) is 13.2 Å². The van der Waals surface area contributed by atoms with E-state index >= 15 is 0 Å². The van der Waals surface area contributed by atoms with Crippen molar-refractivity contribution in [2.24, 2.45) is 0 Å². The smallest absolute Gasteiger partial charge is 0.159 e. The van der Waals surface area contributed by atoms with Crippen LogP contribution in [0.1, 0.15) is 61.6 Å². The standard InChI is InChI=1S/C34H35F3/c1-25-11-16-30(23-33(25)36)28-17-12-26(13-18-28)9-7-5-3-2-4-6-8-10-27-14-19-29(20-15-27)31-21-22-32(35)34(37)24-31/h11-24H,2-10H2,1H3. The van der Waals surface area contributed by atoms with E-state index < -0.39 is 11.6 Å². The molecule has 0 nitrogen and oxygen atoms in total. The van der Waals surface area contributed by atoms with E-state index in [1.165, 1.54) is 68.2 Å². The van der Waals surface area contributed by atoms with Crippen LogP contribution >= 0.6 is 0 Å². The summed E-state index contributed by atoms with van der Waals surface area (Å²) in [5.74, 6) is -1.78. The van der Waals surface area contributed by atoms with Crippen molar-refractivity contribution in [1.82, 2.24) is 0 Å². The molecule has 0 saturated heterocycles. The number of hydrogen-bond acceptors (Lipinski definition) is 0. The van der Waals surface area contributed by atoms with Crippen LogP contribution in [0.15, 0.2) is 84.9 Å². The summed E-state index contributed by atoms with van der Waals surface area (Å²) in [6.45, 7) is 1.78. The zero-order chi connectivity index (χ0) is 26.0. The minimum Gasteiger partial charge on any atom is -0.207 e. The average molecular weight is 501 g/mol. The second kappa shape index (κ2) is 13.3. The SMILES string of the molecule is Cc1ccc(-c2ccc(CCCCCCCCCc3ccc(-c4ccc(F)c(F)c4)cc3)cc2)cc1F. The Bertz CT molecular complexity index is 1170. The van der Waals surface area contributed by atoms with Crippen LogP contribution in [0.25, 0.3) is 22.3 Å². The second-order valence-electron chi connectivity index (χ2n) is 9.96. The lowest BCUT2D eigenvalue weighted by Crippen LogP contribution is -1.89. The van der Waals surface area contributed by atoms with E-state index in [1.807, 2.05) is 24.3 Å². The van der Waals surface area contributed by atoms with Crippen LogP contribution in [0.5, 0.6) is 0 Å². The maximum Gasteiger partial charge on any atom is 0.159 e. The van der Waals surface area contributed by atoms with E-state index in [1.54, 1.807) is 19.1 Å². The van der Waals surface area contributed by atoms with E-state index in [4.69, 9.17) is 0 Å². The summed E-state index contributed by atoms with van der Waals surface area (Å²) in [4.78, 5) is 0. The van der Waals surface area contributed by atoms with Crippen molar-refractivity contribution in [3.05, 3.63) is 119 Å². The Morgan fingerprint density at radius 3 is 1.27 bits per heavy atom. The molecule has 0 fully saturated rings. The fourth-order valence-electron chi connectivity index (χ4n) is 4.72. The van der Waals surface area contributed by atoms with Gasteiger partial charge in [-0.15, -0.1) is 0 Å². The van der Waals surface area contributed by atoms with E-state index in [2.05, 4.69) is 36.4 Å². The Labute approximate surface area is 219 Å². The van der Waals surface area contributed by atoms with Crippen LogP contribution in [-0.2, 0) is 12.8 Å². The number of halogens is 3. The van der Waals surface area contributed by atoms with E-state index in [0.29, 0.717) is 11.1 Å². The minimum atomic E-state index is -0.816. The Balaban J connectivity index is 1.07. The predicted octanol–water partition coefficient (Wildman–Crippen LogP) is 10.3. The molecule has 0 radical (unpaired) electrons. The molecule has 0 aromatic heterocycles. The van der Waals surface area contributed by atoms with Crippen molar-refractivity contribution in [2.45, 2.75) is 64.7 Å². The Kier molecular flexibility index (Phi) is 9.59. The molecule has 37 heavy (non-hydrogen) atoms. The number of unbranched alkanes of at least 4 members (excludes halogenated alkanes) is 6. The van der Waals surface area contributed by atoms with Gasteiger partial charge in [-0.25, -0.2) is 13.2 Å². The summed E-state index contributed by atoms with van der Waals surface area (Å²) < 4.78 is 40.4. The molecular weight excluding hydrogens is 465 g/mol. The zero-order valence-corrected chi connectivity index (χ0v) is 21.6. The van der Waals surface area contributed by atoms with Gasteiger partial charge in [0.05, 0.1) is 0 Å². The molecule has 192 valence electrons. The minimum absolute atomic E-state index is 0.155. The van der Waals surface area contributed by atoms with E-state index in [0.717, 1.165) is 29.5 Å². The fraction of sp³-hybridized carbons (Fsp3) is 0.294. The first-order valence-electron chi connectivity index (χ1n) is 13.4. The predicted molar refractivity (Wildman–Crippen MR) is 148 cm³/mol. The van der Waals surface area contributed by atoms with Crippen LogP contribution in [-0.4, -0.2) is 0 Å². The second-order valence-corrected chi connectivity index (χ2v) is 9.96. The number of aryl methyl sites for hydroxylation is 3. The normalized spacial score (nSPS) is 11.1. The number of benzene rings is 4. The molecule has 4 aromatic carbocycles. The lowest BCUT2D eigenvalue weighted by molar-refractivity contribution is 0.509. The summed E-state index contributed by atoms with van der Waals surface area (Å²) in [6, 6.07) is 26.1. The molecule has 0 bridgehead atoms. The molecule has 0 aliphatic rings. The van der Waals surface area contributed by atoms with Gasteiger partial charge in [-0.3, -0.25) is 0 Å². The van der Waals surface area contributed by atoms with Gasteiger partial charge < -0.3 is 0 Å². The van der Waals surface area contributed by atoms with Crippen LogP contribution in [0, 0.1) is 24.4 Å². The topological polar surface area (TPSA) is 0 Å². The third-order valence-corrected chi connectivity index (χ3v) is 7.10. The number of hydrogen-bond donors (Lipinski definition) is 0. The van der Waals surface area contributed by atoms with Gasteiger partial charge in [0, 0.05) is 0 Å². The first kappa shape index (κ1) is 26.7. The maximum absolute atomic E-state index is 13.8. The van der Waals surface area contributed by atoms with Gasteiger partial charge in [-0.1, -0.05) is 98.8 Å². The molecule has 0 N–H and O–H groups in total. The first-order valence-corrected chi connectivity index (χ1v) is 13.4.